The van der Waals surface area contributed by atoms with E-state index in [2.05, 4.69) is 5.32 Å². The monoisotopic (exact) mass is 444 g/mol. The Morgan fingerprint density at radius 2 is 1.87 bits per heavy atom. The average molecular weight is 444 g/mol. The SMILES string of the molecule is CCOC(=O)/C=c1\s/c(=C\c2ccc(F)cc2)c(=O)n1CC(=O)Nc1cccc(F)c1. The van der Waals surface area contributed by atoms with E-state index in [1.807, 2.05) is 0 Å². The number of thiazole rings is 1. The number of benzene rings is 2. The highest BCUT2D eigenvalue weighted by molar-refractivity contribution is 7.07. The standard InChI is InChI=1S/C22H18F2N2O4S/c1-2-30-21(28)12-20-26(13-19(27)25-17-5-3-4-16(24)11-17)22(29)18(31-20)10-14-6-8-15(23)9-7-14/h3-12H,2,13H2,1H3,(H,25,27)/b18-10-,20-12-. The van der Waals surface area contributed by atoms with Crippen molar-refractivity contribution in [3.63, 3.8) is 0 Å². The maximum Gasteiger partial charge on any atom is 0.333 e. The number of nitrogens with one attached hydrogen (secondary N) is 1. The smallest absolute Gasteiger partial charge is 0.333 e. The molecule has 6 nitrogen and oxygen atoms in total. The fourth-order valence-electron chi connectivity index (χ4n) is 2.70. The molecule has 31 heavy (non-hydrogen) atoms. The van der Waals surface area contributed by atoms with Crippen LogP contribution in [0.25, 0.3) is 12.2 Å². The molecule has 2 aromatic carbocycles. The molecule has 0 bridgehead atoms. The first-order valence-corrected chi connectivity index (χ1v) is 10.1. The van der Waals surface area contributed by atoms with Crippen molar-refractivity contribution in [2.45, 2.75) is 13.5 Å². The van der Waals surface area contributed by atoms with Gasteiger partial charge in [0.2, 0.25) is 5.91 Å². The second kappa shape index (κ2) is 9.94. The molecular formula is C22H18F2N2O4S. The molecule has 3 rings (SSSR count). The lowest BCUT2D eigenvalue weighted by molar-refractivity contribution is -0.135. The predicted molar refractivity (Wildman–Crippen MR) is 114 cm³/mol. The van der Waals surface area contributed by atoms with Gasteiger partial charge in [-0.3, -0.25) is 14.2 Å². The molecule has 0 fully saturated rings. The highest BCUT2D eigenvalue weighted by atomic mass is 32.1. The summed E-state index contributed by atoms with van der Waals surface area (Å²) in [5.41, 5.74) is 0.320. The number of aromatic nitrogens is 1. The Bertz CT molecular complexity index is 1280. The molecule has 1 amide bonds. The summed E-state index contributed by atoms with van der Waals surface area (Å²) >= 11 is 0.995. The zero-order valence-corrected chi connectivity index (χ0v) is 17.2. The second-order valence-electron chi connectivity index (χ2n) is 6.35. The van der Waals surface area contributed by atoms with E-state index < -0.39 is 35.6 Å². The van der Waals surface area contributed by atoms with Crippen LogP contribution in [-0.2, 0) is 20.9 Å². The van der Waals surface area contributed by atoms with Gasteiger partial charge in [-0.05, 0) is 48.9 Å². The Labute approximate surface area is 179 Å². The number of halogens is 2. The molecule has 0 radical (unpaired) electrons. The number of anilines is 1. The van der Waals surface area contributed by atoms with Gasteiger partial charge in [-0.1, -0.05) is 18.2 Å². The molecule has 0 atom stereocenters. The predicted octanol–water partition coefficient (Wildman–Crippen LogP) is 2.00. The molecule has 1 heterocycles. The van der Waals surface area contributed by atoms with Crippen LogP contribution in [0.15, 0.2) is 53.3 Å². The van der Waals surface area contributed by atoms with Crippen LogP contribution < -0.4 is 20.1 Å². The molecule has 0 aliphatic carbocycles. The first-order valence-electron chi connectivity index (χ1n) is 9.26. The highest BCUT2D eigenvalue weighted by Gasteiger charge is 2.12. The average Bonchev–Trinajstić information content (AvgIpc) is 2.98. The van der Waals surface area contributed by atoms with Crippen molar-refractivity contribution in [1.82, 2.24) is 4.57 Å². The topological polar surface area (TPSA) is 77.4 Å². The van der Waals surface area contributed by atoms with E-state index in [-0.39, 0.29) is 21.5 Å². The first-order chi connectivity index (χ1) is 14.9. The summed E-state index contributed by atoms with van der Waals surface area (Å²) in [6, 6.07) is 10.9. The summed E-state index contributed by atoms with van der Waals surface area (Å²) in [6.45, 7) is 1.40. The Balaban J connectivity index is 1.99. The number of amides is 1. The number of nitrogens with zero attached hydrogens (tertiary/aromatic N) is 1. The third-order valence-corrected chi connectivity index (χ3v) is 5.10. The lowest BCUT2D eigenvalue weighted by Gasteiger charge is -2.06. The van der Waals surface area contributed by atoms with E-state index >= 15 is 0 Å². The van der Waals surface area contributed by atoms with Crippen LogP contribution in [-0.4, -0.2) is 23.1 Å². The quantitative estimate of drug-likeness (QED) is 0.590. The molecular weight excluding hydrogens is 426 g/mol. The molecule has 0 unspecified atom stereocenters. The Morgan fingerprint density at radius 3 is 2.55 bits per heavy atom. The van der Waals surface area contributed by atoms with Crippen LogP contribution in [0.4, 0.5) is 14.5 Å². The van der Waals surface area contributed by atoms with E-state index in [1.165, 1.54) is 48.5 Å². The summed E-state index contributed by atoms with van der Waals surface area (Å²) in [6.07, 6.45) is 2.67. The van der Waals surface area contributed by atoms with Gasteiger partial charge in [-0.2, -0.15) is 0 Å². The zero-order chi connectivity index (χ0) is 22.4. The number of carbonyl (C=O) groups is 2. The van der Waals surface area contributed by atoms with Gasteiger partial charge in [0.05, 0.1) is 17.2 Å². The molecule has 160 valence electrons. The van der Waals surface area contributed by atoms with Gasteiger partial charge in [-0.25, -0.2) is 13.6 Å². The van der Waals surface area contributed by atoms with Gasteiger partial charge in [0, 0.05) is 5.69 Å². The zero-order valence-electron chi connectivity index (χ0n) is 16.4. The minimum absolute atomic E-state index is 0.152. The summed E-state index contributed by atoms with van der Waals surface area (Å²) in [7, 11) is 0. The maximum absolute atomic E-state index is 13.3. The van der Waals surface area contributed by atoms with E-state index in [0.29, 0.717) is 5.56 Å². The number of hydrogen-bond donors (Lipinski definition) is 1. The van der Waals surface area contributed by atoms with Crippen molar-refractivity contribution in [1.29, 1.82) is 0 Å². The lowest BCUT2D eigenvalue weighted by atomic mass is 10.2. The molecule has 0 saturated carbocycles. The van der Waals surface area contributed by atoms with E-state index in [1.54, 1.807) is 6.92 Å². The second-order valence-corrected chi connectivity index (χ2v) is 7.41. The van der Waals surface area contributed by atoms with Crippen molar-refractivity contribution in [2.24, 2.45) is 0 Å². The third-order valence-electron chi connectivity index (χ3n) is 4.04. The summed E-state index contributed by atoms with van der Waals surface area (Å²) in [4.78, 5) is 37.3. The van der Waals surface area contributed by atoms with Crippen molar-refractivity contribution >= 4 is 41.1 Å². The van der Waals surface area contributed by atoms with Crippen LogP contribution in [0, 0.1) is 11.6 Å². The number of hydrogen-bond acceptors (Lipinski definition) is 5. The Kier molecular flexibility index (Phi) is 7.09. The molecule has 0 spiro atoms. The number of carbonyl (C=O) groups excluding carboxylic acids is 2. The molecule has 3 aromatic rings. The Morgan fingerprint density at radius 1 is 1.13 bits per heavy atom. The fraction of sp³-hybridized carbons (Fsp3) is 0.136. The first kappa shape index (κ1) is 22.1. The summed E-state index contributed by atoms with van der Waals surface area (Å²) in [5.74, 6) is -2.15. The highest BCUT2D eigenvalue weighted by Crippen LogP contribution is 2.09. The van der Waals surface area contributed by atoms with Gasteiger partial charge in [0.1, 0.15) is 22.8 Å². The van der Waals surface area contributed by atoms with Crippen molar-refractivity contribution in [3.05, 3.63) is 85.3 Å². The van der Waals surface area contributed by atoms with Crippen LogP contribution in [0.5, 0.6) is 0 Å². The molecule has 1 aromatic heterocycles. The van der Waals surface area contributed by atoms with Gasteiger partial charge in [0.15, 0.2) is 0 Å². The van der Waals surface area contributed by atoms with Gasteiger partial charge in [0.25, 0.3) is 5.56 Å². The number of rotatable bonds is 6. The van der Waals surface area contributed by atoms with E-state index in [0.717, 1.165) is 28.0 Å². The number of ether oxygens (including phenoxy) is 1. The lowest BCUT2D eigenvalue weighted by Crippen LogP contribution is -2.36. The molecule has 0 aliphatic heterocycles. The third kappa shape index (κ3) is 5.95. The van der Waals surface area contributed by atoms with Crippen molar-refractivity contribution in [2.75, 3.05) is 11.9 Å². The summed E-state index contributed by atoms with van der Waals surface area (Å²) in [5, 5.41) is 2.51. The molecule has 1 N–H and O–H groups in total. The van der Waals surface area contributed by atoms with Crippen LogP contribution >= 0.6 is 11.3 Å². The molecule has 0 saturated heterocycles. The van der Waals surface area contributed by atoms with Crippen LogP contribution in [0.2, 0.25) is 0 Å². The van der Waals surface area contributed by atoms with Crippen molar-refractivity contribution < 1.29 is 23.1 Å². The van der Waals surface area contributed by atoms with E-state index in [9.17, 15) is 23.2 Å². The minimum Gasteiger partial charge on any atom is -0.463 e. The van der Waals surface area contributed by atoms with Crippen LogP contribution in [0.1, 0.15) is 12.5 Å². The van der Waals surface area contributed by atoms with Crippen LogP contribution in [0.3, 0.4) is 0 Å². The fourth-order valence-corrected chi connectivity index (χ4v) is 3.73. The maximum atomic E-state index is 13.3. The Hall–Kier alpha value is -3.59. The largest absolute Gasteiger partial charge is 0.463 e. The molecule has 9 heteroatoms. The minimum atomic E-state index is -0.656. The van der Waals surface area contributed by atoms with Gasteiger partial charge in [-0.15, -0.1) is 11.3 Å². The normalized spacial score (nSPS) is 12.1. The van der Waals surface area contributed by atoms with Gasteiger partial charge < -0.3 is 10.1 Å². The van der Waals surface area contributed by atoms with Crippen molar-refractivity contribution in [3.8, 4) is 0 Å². The summed E-state index contributed by atoms with van der Waals surface area (Å²) < 4.78 is 33.0. The molecule has 0 aliphatic rings. The number of esters is 1. The van der Waals surface area contributed by atoms with Gasteiger partial charge >= 0.3 is 5.97 Å². The van der Waals surface area contributed by atoms with E-state index in [4.69, 9.17) is 4.74 Å².